The number of nitrogens with zero attached hydrogens (tertiary/aromatic N) is 4. The SMILES string of the molecule is COc1cc2c(cc1OC)CN(CCc1ccc(Nc3nc(-c4cccnc4)nc4ccccc34)cc1)CC2. The second-order valence-electron chi connectivity index (χ2n) is 9.73. The van der Waals surface area contributed by atoms with E-state index in [1.54, 1.807) is 26.6 Å². The first-order valence-corrected chi connectivity index (χ1v) is 13.2. The van der Waals surface area contributed by atoms with Crippen molar-refractivity contribution >= 4 is 22.4 Å². The number of hydrogen-bond donors (Lipinski definition) is 1. The van der Waals surface area contributed by atoms with E-state index in [9.17, 15) is 0 Å². The average Bonchev–Trinajstić information content (AvgIpc) is 3.00. The van der Waals surface area contributed by atoms with E-state index in [2.05, 4.69) is 51.6 Å². The van der Waals surface area contributed by atoms with Crippen LogP contribution in [0.1, 0.15) is 16.7 Å². The maximum atomic E-state index is 5.51. The zero-order chi connectivity index (χ0) is 26.6. The number of rotatable bonds is 8. The van der Waals surface area contributed by atoms with E-state index in [-0.39, 0.29) is 0 Å². The highest BCUT2D eigenvalue weighted by Gasteiger charge is 2.19. The molecule has 3 heterocycles. The zero-order valence-corrected chi connectivity index (χ0v) is 22.2. The number of aromatic nitrogens is 3. The number of ether oxygens (including phenoxy) is 2. The highest BCUT2D eigenvalue weighted by molar-refractivity contribution is 5.92. The fraction of sp³-hybridized carbons (Fsp3) is 0.219. The van der Waals surface area contributed by atoms with E-state index in [1.807, 2.05) is 36.4 Å². The molecule has 0 saturated heterocycles. The largest absolute Gasteiger partial charge is 0.493 e. The van der Waals surface area contributed by atoms with Crippen LogP contribution < -0.4 is 14.8 Å². The first kappa shape index (κ1) is 24.8. The molecular weight excluding hydrogens is 486 g/mol. The van der Waals surface area contributed by atoms with Crippen LogP contribution in [0.4, 0.5) is 11.5 Å². The third kappa shape index (κ3) is 5.40. The molecule has 0 spiro atoms. The van der Waals surface area contributed by atoms with Gasteiger partial charge in [0.25, 0.3) is 0 Å². The summed E-state index contributed by atoms with van der Waals surface area (Å²) in [7, 11) is 3.38. The van der Waals surface area contributed by atoms with Crippen molar-refractivity contribution in [3.8, 4) is 22.9 Å². The molecule has 6 rings (SSSR count). The van der Waals surface area contributed by atoms with Crippen LogP contribution in [0.5, 0.6) is 11.5 Å². The van der Waals surface area contributed by atoms with Crippen LogP contribution in [-0.2, 0) is 19.4 Å². The van der Waals surface area contributed by atoms with Crippen molar-refractivity contribution in [3.63, 3.8) is 0 Å². The summed E-state index contributed by atoms with van der Waals surface area (Å²) in [5.74, 6) is 3.04. The van der Waals surface area contributed by atoms with Crippen LogP contribution in [-0.4, -0.2) is 47.2 Å². The van der Waals surface area contributed by atoms with Gasteiger partial charge in [0, 0.05) is 48.7 Å². The number of methoxy groups -OCH3 is 2. The molecule has 0 bridgehead atoms. The molecule has 7 nitrogen and oxygen atoms in total. The van der Waals surface area contributed by atoms with E-state index in [4.69, 9.17) is 19.4 Å². The van der Waals surface area contributed by atoms with Gasteiger partial charge in [-0.2, -0.15) is 0 Å². The van der Waals surface area contributed by atoms with Crippen LogP contribution in [0.15, 0.2) is 85.2 Å². The third-order valence-electron chi connectivity index (χ3n) is 7.25. The van der Waals surface area contributed by atoms with E-state index in [1.165, 1.54) is 16.7 Å². The Bertz CT molecular complexity index is 1590. The first-order chi connectivity index (χ1) is 19.2. The summed E-state index contributed by atoms with van der Waals surface area (Å²) in [6.07, 6.45) is 5.55. The Balaban J connectivity index is 1.14. The average molecular weight is 518 g/mol. The molecule has 39 heavy (non-hydrogen) atoms. The second kappa shape index (κ2) is 11.1. The van der Waals surface area contributed by atoms with Crippen molar-refractivity contribution in [3.05, 3.63) is 102 Å². The highest BCUT2D eigenvalue weighted by Crippen LogP contribution is 2.33. The quantitative estimate of drug-likeness (QED) is 0.268. The van der Waals surface area contributed by atoms with Gasteiger partial charge in [-0.3, -0.25) is 9.88 Å². The Morgan fingerprint density at radius 2 is 1.67 bits per heavy atom. The smallest absolute Gasteiger partial charge is 0.163 e. The summed E-state index contributed by atoms with van der Waals surface area (Å²) in [5, 5.41) is 4.50. The van der Waals surface area contributed by atoms with Crippen molar-refractivity contribution in [2.75, 3.05) is 32.6 Å². The Kier molecular flexibility index (Phi) is 7.06. The number of hydrogen-bond acceptors (Lipinski definition) is 7. The van der Waals surface area contributed by atoms with Crippen LogP contribution in [0.3, 0.4) is 0 Å². The summed E-state index contributed by atoms with van der Waals surface area (Å²) < 4.78 is 11.0. The predicted molar refractivity (Wildman–Crippen MR) is 155 cm³/mol. The molecule has 0 aliphatic carbocycles. The number of nitrogens with one attached hydrogen (secondary N) is 1. The van der Waals surface area contributed by atoms with Gasteiger partial charge >= 0.3 is 0 Å². The maximum absolute atomic E-state index is 5.51. The summed E-state index contributed by atoms with van der Waals surface area (Å²) in [5.41, 5.74) is 6.75. The van der Waals surface area contributed by atoms with Gasteiger partial charge in [0.15, 0.2) is 17.3 Å². The molecule has 0 atom stereocenters. The molecule has 3 aromatic carbocycles. The molecule has 1 aliphatic heterocycles. The molecule has 1 N–H and O–H groups in total. The number of anilines is 2. The topological polar surface area (TPSA) is 72.4 Å². The van der Waals surface area contributed by atoms with E-state index in [0.29, 0.717) is 5.82 Å². The summed E-state index contributed by atoms with van der Waals surface area (Å²) in [6.45, 7) is 2.98. The van der Waals surface area contributed by atoms with Crippen LogP contribution in [0, 0.1) is 0 Å². The van der Waals surface area contributed by atoms with Gasteiger partial charge in [-0.1, -0.05) is 24.3 Å². The van der Waals surface area contributed by atoms with Crippen LogP contribution >= 0.6 is 0 Å². The first-order valence-electron chi connectivity index (χ1n) is 13.2. The minimum absolute atomic E-state index is 0.653. The van der Waals surface area contributed by atoms with Gasteiger partial charge in [0.1, 0.15) is 5.82 Å². The number of benzene rings is 3. The number of para-hydroxylation sites is 1. The Hall–Kier alpha value is -4.49. The molecule has 7 heteroatoms. The minimum Gasteiger partial charge on any atom is -0.493 e. The lowest BCUT2D eigenvalue weighted by Crippen LogP contribution is -2.32. The third-order valence-corrected chi connectivity index (χ3v) is 7.25. The van der Waals surface area contributed by atoms with Gasteiger partial charge in [-0.15, -0.1) is 0 Å². The molecule has 0 radical (unpaired) electrons. The molecule has 2 aromatic heterocycles. The van der Waals surface area contributed by atoms with Gasteiger partial charge in [-0.25, -0.2) is 9.97 Å². The molecule has 0 fully saturated rings. The molecular formula is C32H31N5O2. The minimum atomic E-state index is 0.653. The van der Waals surface area contributed by atoms with Crippen molar-refractivity contribution in [1.82, 2.24) is 19.9 Å². The van der Waals surface area contributed by atoms with Crippen molar-refractivity contribution in [2.45, 2.75) is 19.4 Å². The van der Waals surface area contributed by atoms with Crippen molar-refractivity contribution in [1.29, 1.82) is 0 Å². The Labute approximate surface area is 228 Å². The van der Waals surface area contributed by atoms with Gasteiger partial charge < -0.3 is 14.8 Å². The molecule has 0 amide bonds. The Morgan fingerprint density at radius 1 is 0.872 bits per heavy atom. The number of fused-ring (bicyclic) bond motifs is 2. The second-order valence-corrected chi connectivity index (χ2v) is 9.73. The van der Waals surface area contributed by atoms with Gasteiger partial charge in [0.2, 0.25) is 0 Å². The van der Waals surface area contributed by atoms with Gasteiger partial charge in [0.05, 0.1) is 19.7 Å². The lowest BCUT2D eigenvalue weighted by Gasteiger charge is -2.29. The van der Waals surface area contributed by atoms with Crippen molar-refractivity contribution in [2.24, 2.45) is 0 Å². The fourth-order valence-electron chi connectivity index (χ4n) is 5.11. The van der Waals surface area contributed by atoms with E-state index < -0.39 is 0 Å². The Morgan fingerprint density at radius 3 is 2.44 bits per heavy atom. The lowest BCUT2D eigenvalue weighted by atomic mass is 9.98. The van der Waals surface area contributed by atoms with E-state index >= 15 is 0 Å². The molecule has 196 valence electrons. The molecule has 5 aromatic rings. The molecule has 0 unspecified atom stereocenters. The standard InChI is InChI=1S/C32H31N5O2/c1-38-29-18-23-14-17-37(21-25(23)19-30(29)39-2)16-13-22-9-11-26(12-10-22)34-32-27-7-3-4-8-28(27)35-31(36-32)24-6-5-15-33-20-24/h3-12,15,18-20H,13-14,16-17,21H2,1-2H3,(H,34,35,36). The lowest BCUT2D eigenvalue weighted by molar-refractivity contribution is 0.255. The molecule has 1 aliphatic rings. The fourth-order valence-corrected chi connectivity index (χ4v) is 5.11. The molecule has 0 saturated carbocycles. The van der Waals surface area contributed by atoms with Gasteiger partial charge in [-0.05, 0) is 78.1 Å². The van der Waals surface area contributed by atoms with E-state index in [0.717, 1.165) is 71.9 Å². The van der Waals surface area contributed by atoms with Crippen LogP contribution in [0.2, 0.25) is 0 Å². The summed E-state index contributed by atoms with van der Waals surface area (Å²) >= 11 is 0. The van der Waals surface area contributed by atoms with Crippen molar-refractivity contribution < 1.29 is 9.47 Å². The highest BCUT2D eigenvalue weighted by atomic mass is 16.5. The predicted octanol–water partition coefficient (Wildman–Crippen LogP) is 6.05. The zero-order valence-electron chi connectivity index (χ0n) is 22.2. The number of pyridine rings is 1. The monoisotopic (exact) mass is 517 g/mol. The summed E-state index contributed by atoms with van der Waals surface area (Å²) in [4.78, 5) is 16.3. The van der Waals surface area contributed by atoms with Crippen LogP contribution in [0.25, 0.3) is 22.3 Å². The summed E-state index contributed by atoms with van der Waals surface area (Å²) in [6, 6.07) is 24.8. The normalized spacial score (nSPS) is 13.2. The maximum Gasteiger partial charge on any atom is 0.163 e.